The molecular weight excluding hydrogens is 356 g/mol. The van der Waals surface area contributed by atoms with E-state index in [1.165, 1.54) is 16.4 Å². The molecule has 0 amide bonds. The number of nitro benzene ring substituents is 1. The molecule has 0 aromatic heterocycles. The van der Waals surface area contributed by atoms with E-state index < -0.39 is 14.9 Å². The standard InChI is InChI=1S/C17H24N4O4S/c1-3-20(4-2)26(24,25)15-10-11-16(17(12-15)21(22)23)19-18-13-14-8-6-5-7-9-14/h5-6,10-14,19H,3-4,7-9H2,1-2H3/b18-13-/t14-/m1/s1. The molecule has 0 aliphatic heterocycles. The highest BCUT2D eigenvalue weighted by Gasteiger charge is 2.25. The minimum atomic E-state index is -3.76. The number of hydrazone groups is 1. The van der Waals surface area contributed by atoms with Crippen LogP contribution in [0.2, 0.25) is 0 Å². The summed E-state index contributed by atoms with van der Waals surface area (Å²) in [6.07, 6.45) is 8.84. The van der Waals surface area contributed by atoms with E-state index >= 15 is 0 Å². The molecule has 1 aliphatic rings. The number of nitro groups is 1. The lowest BCUT2D eigenvalue weighted by Gasteiger charge is -2.18. The van der Waals surface area contributed by atoms with E-state index in [1.54, 1.807) is 20.1 Å². The second-order valence-electron chi connectivity index (χ2n) is 5.96. The summed E-state index contributed by atoms with van der Waals surface area (Å²) in [6, 6.07) is 3.82. The molecule has 0 unspecified atom stereocenters. The van der Waals surface area contributed by atoms with Gasteiger partial charge in [0.25, 0.3) is 5.69 Å². The van der Waals surface area contributed by atoms with E-state index in [-0.39, 0.29) is 16.3 Å². The number of benzene rings is 1. The summed E-state index contributed by atoms with van der Waals surface area (Å²) in [5.41, 5.74) is 2.52. The first kappa shape index (κ1) is 20.1. The maximum atomic E-state index is 12.5. The predicted molar refractivity (Wildman–Crippen MR) is 102 cm³/mol. The highest BCUT2D eigenvalue weighted by atomic mass is 32.2. The van der Waals surface area contributed by atoms with Crippen molar-refractivity contribution in [1.82, 2.24) is 4.31 Å². The molecule has 0 heterocycles. The average molecular weight is 380 g/mol. The Hall–Kier alpha value is -2.26. The molecule has 0 spiro atoms. The predicted octanol–water partition coefficient (Wildman–Crippen LogP) is 3.38. The van der Waals surface area contributed by atoms with E-state index in [0.29, 0.717) is 19.0 Å². The van der Waals surface area contributed by atoms with Gasteiger partial charge in [0, 0.05) is 25.4 Å². The second-order valence-corrected chi connectivity index (χ2v) is 7.90. The number of sulfonamides is 1. The molecule has 0 bridgehead atoms. The van der Waals surface area contributed by atoms with Crippen molar-refractivity contribution in [1.29, 1.82) is 0 Å². The minimum absolute atomic E-state index is 0.0974. The highest BCUT2D eigenvalue weighted by Crippen LogP contribution is 2.29. The molecule has 0 saturated carbocycles. The van der Waals surface area contributed by atoms with Crippen molar-refractivity contribution in [3.05, 3.63) is 40.5 Å². The third-order valence-corrected chi connectivity index (χ3v) is 6.33. The minimum Gasteiger partial charge on any atom is -0.272 e. The molecule has 0 radical (unpaired) electrons. The Labute approximate surface area is 153 Å². The van der Waals surface area contributed by atoms with E-state index in [4.69, 9.17) is 0 Å². The maximum absolute atomic E-state index is 12.5. The summed E-state index contributed by atoms with van der Waals surface area (Å²) in [4.78, 5) is 10.7. The van der Waals surface area contributed by atoms with Crippen LogP contribution in [0.25, 0.3) is 0 Å². The van der Waals surface area contributed by atoms with E-state index in [1.807, 2.05) is 0 Å². The quantitative estimate of drug-likeness (QED) is 0.322. The lowest BCUT2D eigenvalue weighted by atomic mass is 9.96. The van der Waals surface area contributed by atoms with Crippen LogP contribution in [0.3, 0.4) is 0 Å². The summed E-state index contributed by atoms with van der Waals surface area (Å²) < 4.78 is 26.4. The number of hydrogen-bond donors (Lipinski definition) is 1. The monoisotopic (exact) mass is 380 g/mol. The fourth-order valence-electron chi connectivity index (χ4n) is 2.79. The number of anilines is 1. The Morgan fingerprint density at radius 1 is 1.35 bits per heavy atom. The van der Waals surface area contributed by atoms with Crippen molar-refractivity contribution < 1.29 is 13.3 Å². The van der Waals surface area contributed by atoms with E-state index in [0.717, 1.165) is 25.3 Å². The molecule has 8 nitrogen and oxygen atoms in total. The van der Waals surface area contributed by atoms with Gasteiger partial charge in [-0.3, -0.25) is 15.5 Å². The molecule has 1 aliphatic carbocycles. The van der Waals surface area contributed by atoms with Gasteiger partial charge in [-0.05, 0) is 37.3 Å². The molecule has 9 heteroatoms. The molecule has 0 saturated heterocycles. The van der Waals surface area contributed by atoms with Crippen molar-refractivity contribution in [3.63, 3.8) is 0 Å². The molecule has 2 rings (SSSR count). The summed E-state index contributed by atoms with van der Waals surface area (Å²) in [5.74, 6) is 0.300. The molecule has 1 N–H and O–H groups in total. The number of hydrogen-bond acceptors (Lipinski definition) is 6. The van der Waals surface area contributed by atoms with Gasteiger partial charge in [-0.2, -0.15) is 9.41 Å². The van der Waals surface area contributed by atoms with Crippen molar-refractivity contribution >= 4 is 27.6 Å². The van der Waals surface area contributed by atoms with Crippen LogP contribution in [0.15, 0.2) is 40.3 Å². The van der Waals surface area contributed by atoms with Gasteiger partial charge in [0.2, 0.25) is 10.0 Å². The number of nitrogens with one attached hydrogen (secondary N) is 1. The molecular formula is C17H24N4O4S. The van der Waals surface area contributed by atoms with Crippen LogP contribution >= 0.6 is 0 Å². The smallest absolute Gasteiger partial charge is 0.272 e. The van der Waals surface area contributed by atoms with Gasteiger partial charge in [0.15, 0.2) is 0 Å². The molecule has 1 aromatic rings. The summed E-state index contributed by atoms with van der Waals surface area (Å²) in [7, 11) is -3.76. The van der Waals surface area contributed by atoms with E-state index in [2.05, 4.69) is 22.7 Å². The third kappa shape index (κ3) is 4.67. The largest absolute Gasteiger partial charge is 0.295 e. The normalized spacial score (nSPS) is 17.7. The summed E-state index contributed by atoms with van der Waals surface area (Å²) in [5, 5.41) is 15.5. The molecule has 142 valence electrons. The lowest BCUT2D eigenvalue weighted by molar-refractivity contribution is -0.384. The van der Waals surface area contributed by atoms with Gasteiger partial charge in [-0.1, -0.05) is 26.0 Å². The Morgan fingerprint density at radius 3 is 2.65 bits per heavy atom. The first-order valence-corrected chi connectivity index (χ1v) is 10.1. The van der Waals surface area contributed by atoms with Crippen molar-refractivity contribution in [2.24, 2.45) is 11.0 Å². The molecule has 1 aromatic carbocycles. The van der Waals surface area contributed by atoms with Gasteiger partial charge >= 0.3 is 0 Å². The SMILES string of the molecule is CCN(CC)S(=O)(=O)c1ccc(N/N=C\[C@@H]2CC=CCC2)c([N+](=O)[O-])c1. The number of nitrogens with zero attached hydrogens (tertiary/aromatic N) is 3. The summed E-state index contributed by atoms with van der Waals surface area (Å²) >= 11 is 0. The Kier molecular flexibility index (Phi) is 6.87. The van der Waals surface area contributed by atoms with Crippen molar-refractivity contribution in [2.45, 2.75) is 38.0 Å². The average Bonchev–Trinajstić information content (AvgIpc) is 2.63. The number of allylic oxidation sites excluding steroid dienone is 2. The number of rotatable bonds is 8. The fourth-order valence-corrected chi connectivity index (χ4v) is 4.27. The maximum Gasteiger partial charge on any atom is 0.295 e. The van der Waals surface area contributed by atoms with E-state index in [9.17, 15) is 18.5 Å². The van der Waals surface area contributed by atoms with Crippen LogP contribution in [0.1, 0.15) is 33.1 Å². The zero-order valence-corrected chi connectivity index (χ0v) is 15.8. The highest BCUT2D eigenvalue weighted by molar-refractivity contribution is 7.89. The lowest BCUT2D eigenvalue weighted by Crippen LogP contribution is -2.30. The third-order valence-electron chi connectivity index (χ3n) is 4.29. The van der Waals surface area contributed by atoms with Gasteiger partial charge in [0.1, 0.15) is 5.69 Å². The van der Waals surface area contributed by atoms with Crippen LogP contribution in [0, 0.1) is 16.0 Å². The van der Waals surface area contributed by atoms with Crippen LogP contribution in [0.4, 0.5) is 11.4 Å². The Morgan fingerprint density at radius 2 is 2.08 bits per heavy atom. The zero-order valence-electron chi connectivity index (χ0n) is 15.0. The Bertz CT molecular complexity index is 801. The second kappa shape index (κ2) is 8.91. The van der Waals surface area contributed by atoms with Gasteiger partial charge in [0.05, 0.1) is 9.82 Å². The summed E-state index contributed by atoms with van der Waals surface area (Å²) in [6.45, 7) is 4.04. The molecule has 26 heavy (non-hydrogen) atoms. The van der Waals surface area contributed by atoms with Crippen molar-refractivity contribution in [2.75, 3.05) is 18.5 Å². The van der Waals surface area contributed by atoms with Crippen LogP contribution in [0.5, 0.6) is 0 Å². The zero-order chi connectivity index (χ0) is 19.2. The first-order chi connectivity index (χ1) is 12.4. The molecule has 1 atom stereocenters. The fraction of sp³-hybridized carbons (Fsp3) is 0.471. The first-order valence-electron chi connectivity index (χ1n) is 8.62. The topological polar surface area (TPSA) is 105 Å². The van der Waals surface area contributed by atoms with Crippen molar-refractivity contribution in [3.8, 4) is 0 Å². The van der Waals surface area contributed by atoms with Gasteiger partial charge in [-0.25, -0.2) is 8.42 Å². The van der Waals surface area contributed by atoms with Crippen LogP contribution < -0.4 is 5.43 Å². The van der Waals surface area contributed by atoms with Gasteiger partial charge in [-0.15, -0.1) is 0 Å². The van der Waals surface area contributed by atoms with Crippen LogP contribution in [-0.2, 0) is 10.0 Å². The molecule has 0 fully saturated rings. The van der Waals surface area contributed by atoms with Gasteiger partial charge < -0.3 is 0 Å². The van der Waals surface area contributed by atoms with Crippen LogP contribution in [-0.4, -0.2) is 37.0 Å². The Balaban J connectivity index is 2.24.